The molecular weight excluding hydrogens is 400 g/mol. The van der Waals surface area contributed by atoms with E-state index in [1.807, 2.05) is 35.7 Å². The molecule has 0 amide bonds. The van der Waals surface area contributed by atoms with Crippen LogP contribution in [0.2, 0.25) is 0 Å². The van der Waals surface area contributed by atoms with Crippen molar-refractivity contribution in [3.63, 3.8) is 0 Å². The summed E-state index contributed by atoms with van der Waals surface area (Å²) in [6.07, 6.45) is 1.05. The lowest BCUT2D eigenvalue weighted by atomic mass is 9.94. The average Bonchev–Trinajstić information content (AvgIpc) is 3.39. The van der Waals surface area contributed by atoms with E-state index >= 15 is 0 Å². The molecule has 0 bridgehead atoms. The normalized spacial score (nSPS) is 17.2. The molecule has 0 fully saturated rings. The number of allylic oxidation sites excluding steroid dienone is 1. The summed E-state index contributed by atoms with van der Waals surface area (Å²) >= 11 is 7.32. The van der Waals surface area contributed by atoms with Crippen molar-refractivity contribution in [2.24, 2.45) is 5.92 Å². The van der Waals surface area contributed by atoms with Crippen LogP contribution in [0, 0.1) is 5.92 Å². The lowest BCUT2D eigenvalue weighted by Crippen LogP contribution is -2.46. The van der Waals surface area contributed by atoms with Crippen molar-refractivity contribution in [1.29, 1.82) is 0 Å². The Morgan fingerprint density at radius 2 is 2.00 bits per heavy atom. The molecule has 0 aliphatic carbocycles. The van der Waals surface area contributed by atoms with Crippen molar-refractivity contribution in [2.75, 3.05) is 6.54 Å². The van der Waals surface area contributed by atoms with Crippen LogP contribution in [0.15, 0.2) is 58.1 Å². The number of hydrogen-bond acceptors (Lipinski definition) is 5. The smallest absolute Gasteiger partial charge is 0.258 e. The number of benzene rings is 1. The van der Waals surface area contributed by atoms with E-state index in [4.69, 9.17) is 21.7 Å². The zero-order valence-electron chi connectivity index (χ0n) is 16.8. The van der Waals surface area contributed by atoms with Crippen LogP contribution in [0.5, 0.6) is 0 Å². The highest BCUT2D eigenvalue weighted by atomic mass is 32.1. The highest BCUT2D eigenvalue weighted by Gasteiger charge is 2.33. The minimum atomic E-state index is -0.129. The van der Waals surface area contributed by atoms with E-state index in [-0.39, 0.29) is 6.04 Å². The van der Waals surface area contributed by atoms with Gasteiger partial charge < -0.3 is 14.7 Å². The Kier molecular flexibility index (Phi) is 5.78. The fraction of sp³-hybridized carbons (Fsp3) is 0.318. The third-order valence-electron chi connectivity index (χ3n) is 5.06. The van der Waals surface area contributed by atoms with Crippen molar-refractivity contribution >= 4 is 34.2 Å². The molecule has 0 saturated carbocycles. The zero-order valence-corrected chi connectivity index (χ0v) is 18.4. The summed E-state index contributed by atoms with van der Waals surface area (Å²) in [5, 5.41) is 10.5. The van der Waals surface area contributed by atoms with Crippen molar-refractivity contribution in [3.8, 4) is 10.7 Å². The van der Waals surface area contributed by atoms with Crippen LogP contribution in [-0.2, 0) is 0 Å². The van der Waals surface area contributed by atoms with Gasteiger partial charge >= 0.3 is 0 Å². The van der Waals surface area contributed by atoms with Crippen molar-refractivity contribution in [1.82, 2.24) is 20.4 Å². The minimum Gasteiger partial charge on any atom is -0.351 e. The maximum absolute atomic E-state index is 5.74. The standard InChI is InChI=1S/C22H24N4OS2/c1-14(2)11-12-26-15(3)18(19(23-22(26)28)16-8-5-4-6-9-16)21-24-20(25-27-21)17-10-7-13-29-17/h4-10,13-14,19H,11-12H2,1-3H3,(H,23,28). The lowest BCUT2D eigenvalue weighted by molar-refractivity contribution is 0.390. The summed E-state index contributed by atoms with van der Waals surface area (Å²) in [5.74, 6) is 1.74. The highest BCUT2D eigenvalue weighted by Crippen LogP contribution is 2.37. The van der Waals surface area contributed by atoms with E-state index < -0.39 is 0 Å². The second-order valence-corrected chi connectivity index (χ2v) is 8.86. The maximum atomic E-state index is 5.74. The number of nitrogens with one attached hydrogen (secondary N) is 1. The van der Waals surface area contributed by atoms with Gasteiger partial charge in [-0.25, -0.2) is 0 Å². The number of hydrogen-bond donors (Lipinski definition) is 1. The fourth-order valence-corrected chi connectivity index (χ4v) is 4.44. The molecule has 150 valence electrons. The first-order chi connectivity index (χ1) is 14.0. The number of nitrogens with zero attached hydrogens (tertiary/aromatic N) is 3. The largest absolute Gasteiger partial charge is 0.351 e. The Morgan fingerprint density at radius 3 is 2.69 bits per heavy atom. The molecule has 4 rings (SSSR count). The number of thiocarbonyl (C=S) groups is 1. The Bertz CT molecular complexity index is 1010. The molecule has 1 aromatic carbocycles. The SMILES string of the molecule is CC1=C(c2nc(-c3cccs3)no2)C(c2ccccc2)NC(=S)N1CCC(C)C. The predicted molar refractivity (Wildman–Crippen MR) is 121 cm³/mol. The maximum Gasteiger partial charge on any atom is 0.258 e. The zero-order chi connectivity index (χ0) is 20.4. The molecule has 3 aromatic rings. The number of rotatable bonds is 6. The summed E-state index contributed by atoms with van der Waals surface area (Å²) in [7, 11) is 0. The highest BCUT2D eigenvalue weighted by molar-refractivity contribution is 7.80. The first-order valence-electron chi connectivity index (χ1n) is 9.76. The van der Waals surface area contributed by atoms with Crippen LogP contribution in [0.25, 0.3) is 16.3 Å². The topological polar surface area (TPSA) is 54.2 Å². The molecule has 7 heteroatoms. The molecule has 3 heterocycles. The molecule has 0 saturated heterocycles. The Balaban J connectivity index is 1.78. The molecule has 1 aliphatic heterocycles. The van der Waals surface area contributed by atoms with Crippen LogP contribution in [-0.4, -0.2) is 26.7 Å². The van der Waals surface area contributed by atoms with Gasteiger partial charge in [-0.05, 0) is 48.5 Å². The van der Waals surface area contributed by atoms with E-state index in [1.54, 1.807) is 11.3 Å². The Labute approximate surface area is 180 Å². The third kappa shape index (κ3) is 4.11. The van der Waals surface area contributed by atoms with E-state index in [0.29, 0.717) is 17.6 Å². The average molecular weight is 425 g/mol. The molecule has 29 heavy (non-hydrogen) atoms. The van der Waals surface area contributed by atoms with Crippen molar-refractivity contribution in [2.45, 2.75) is 33.2 Å². The summed E-state index contributed by atoms with van der Waals surface area (Å²) in [4.78, 5) is 7.87. The van der Waals surface area contributed by atoms with E-state index in [9.17, 15) is 0 Å². The first kappa shape index (κ1) is 19.8. The molecule has 0 spiro atoms. The van der Waals surface area contributed by atoms with Crippen LogP contribution in [0.1, 0.15) is 44.7 Å². The van der Waals surface area contributed by atoms with Gasteiger partial charge in [-0.1, -0.05) is 55.4 Å². The van der Waals surface area contributed by atoms with Gasteiger partial charge in [0, 0.05) is 12.2 Å². The predicted octanol–water partition coefficient (Wildman–Crippen LogP) is 5.51. The molecule has 1 N–H and O–H groups in total. The summed E-state index contributed by atoms with van der Waals surface area (Å²) in [6, 6.07) is 14.1. The van der Waals surface area contributed by atoms with Gasteiger partial charge in [0.15, 0.2) is 5.11 Å². The van der Waals surface area contributed by atoms with Gasteiger partial charge in [0.25, 0.3) is 5.89 Å². The van der Waals surface area contributed by atoms with Crippen LogP contribution >= 0.6 is 23.6 Å². The first-order valence-corrected chi connectivity index (χ1v) is 11.0. The van der Waals surface area contributed by atoms with Crippen LogP contribution in [0.3, 0.4) is 0 Å². The molecule has 5 nitrogen and oxygen atoms in total. The summed E-state index contributed by atoms with van der Waals surface area (Å²) in [6.45, 7) is 7.39. The van der Waals surface area contributed by atoms with Gasteiger partial charge in [0.05, 0.1) is 16.5 Å². The number of thiophene rings is 1. The van der Waals surface area contributed by atoms with Crippen molar-refractivity contribution < 1.29 is 4.52 Å². The second kappa shape index (κ2) is 8.47. The van der Waals surface area contributed by atoms with E-state index in [1.165, 1.54) is 0 Å². The Hall–Kier alpha value is -2.51. The summed E-state index contributed by atoms with van der Waals surface area (Å²) < 4.78 is 5.74. The Morgan fingerprint density at radius 1 is 1.21 bits per heavy atom. The van der Waals surface area contributed by atoms with Gasteiger partial charge in [-0.2, -0.15) is 4.98 Å². The second-order valence-electron chi connectivity index (χ2n) is 7.53. The lowest BCUT2D eigenvalue weighted by Gasteiger charge is -2.37. The quantitative estimate of drug-likeness (QED) is 0.527. The molecule has 2 aromatic heterocycles. The van der Waals surface area contributed by atoms with Gasteiger partial charge in [-0.15, -0.1) is 11.3 Å². The molecule has 1 atom stereocenters. The third-order valence-corrected chi connectivity index (χ3v) is 6.26. The minimum absolute atomic E-state index is 0.129. The van der Waals surface area contributed by atoms with E-state index in [2.05, 4.69) is 48.3 Å². The molecular formula is C22H24N4OS2. The monoisotopic (exact) mass is 424 g/mol. The van der Waals surface area contributed by atoms with E-state index in [0.717, 1.165) is 39.8 Å². The molecule has 1 aliphatic rings. The summed E-state index contributed by atoms with van der Waals surface area (Å²) in [5.41, 5.74) is 3.15. The van der Waals surface area contributed by atoms with Gasteiger partial charge in [0.1, 0.15) is 0 Å². The van der Waals surface area contributed by atoms with Crippen LogP contribution in [0.4, 0.5) is 0 Å². The van der Waals surface area contributed by atoms with Gasteiger partial charge in [-0.3, -0.25) is 0 Å². The van der Waals surface area contributed by atoms with Crippen LogP contribution < -0.4 is 5.32 Å². The van der Waals surface area contributed by atoms with Crippen molar-refractivity contribution in [3.05, 3.63) is 65.0 Å². The number of aromatic nitrogens is 2. The van der Waals surface area contributed by atoms with Gasteiger partial charge in [0.2, 0.25) is 5.82 Å². The molecule has 0 radical (unpaired) electrons. The molecule has 1 unspecified atom stereocenters. The fourth-order valence-electron chi connectivity index (χ4n) is 3.45.